The average molecular weight is 892 g/mol. The summed E-state index contributed by atoms with van der Waals surface area (Å²) in [4.78, 5) is 7.50. The first kappa shape index (κ1) is 41.1. The van der Waals surface area contributed by atoms with Gasteiger partial charge in [-0.3, -0.25) is 0 Å². The predicted molar refractivity (Wildman–Crippen MR) is 297 cm³/mol. The number of hydrogen-bond acceptors (Lipinski definition) is 3. The topological polar surface area (TPSA) is 9.72 Å². The number of benzene rings is 11. The molecule has 3 nitrogen and oxygen atoms in total. The molecule has 328 valence electrons. The summed E-state index contributed by atoms with van der Waals surface area (Å²) in [6.45, 7) is -0.0808. The van der Waals surface area contributed by atoms with Crippen LogP contribution in [0.4, 0.5) is 51.2 Å². The predicted octanol–water partition coefficient (Wildman–Crippen LogP) is 15.9. The summed E-state index contributed by atoms with van der Waals surface area (Å²) in [7, 11) is 0. The van der Waals surface area contributed by atoms with Gasteiger partial charge in [-0.1, -0.05) is 206 Å². The monoisotopic (exact) mass is 891 g/mol. The maximum atomic E-state index is 2.54. The van der Waals surface area contributed by atoms with Crippen molar-refractivity contribution in [2.24, 2.45) is 0 Å². The minimum atomic E-state index is -0.0808. The minimum Gasteiger partial charge on any atom is -0.311 e. The third-order valence-corrected chi connectivity index (χ3v) is 14.0. The molecular weight excluding hydrogens is 846 g/mol. The van der Waals surface area contributed by atoms with E-state index >= 15 is 0 Å². The highest BCUT2D eigenvalue weighted by Crippen LogP contribution is 2.49. The smallest absolute Gasteiger partial charge is 0.252 e. The molecule has 2 aliphatic heterocycles. The lowest BCUT2D eigenvalue weighted by atomic mass is 9.33. The Bertz CT molecular complexity index is 3420. The minimum absolute atomic E-state index is 0.0808. The SMILES string of the molecule is c1ccc(-c2cccc(N3c4cc(-c5ccccc5)ccc4B4c5ccc(-c6ccccc6)cc5N(c5cccc(-c6ccccc6)c5)c5cc(N(c6ccccc6)c6ccccc6)cc3c54)c2)cc1. The summed E-state index contributed by atoms with van der Waals surface area (Å²) < 4.78 is 0. The first-order valence-electron chi connectivity index (χ1n) is 24.1. The van der Waals surface area contributed by atoms with Crippen molar-refractivity contribution in [1.82, 2.24) is 0 Å². The van der Waals surface area contributed by atoms with E-state index in [0.29, 0.717) is 0 Å². The van der Waals surface area contributed by atoms with E-state index < -0.39 is 0 Å². The van der Waals surface area contributed by atoms with Crippen molar-refractivity contribution in [3.63, 3.8) is 0 Å². The Hall–Kier alpha value is -9.12. The summed E-state index contributed by atoms with van der Waals surface area (Å²) in [6.07, 6.45) is 0. The quantitative estimate of drug-likeness (QED) is 0.134. The third-order valence-electron chi connectivity index (χ3n) is 14.0. The molecule has 0 fully saturated rings. The molecule has 0 unspecified atom stereocenters. The molecule has 0 spiro atoms. The molecule has 0 bridgehead atoms. The van der Waals surface area contributed by atoms with Gasteiger partial charge in [-0.2, -0.15) is 0 Å². The van der Waals surface area contributed by atoms with Crippen molar-refractivity contribution in [2.75, 3.05) is 14.7 Å². The van der Waals surface area contributed by atoms with E-state index in [1.165, 1.54) is 60.9 Å². The van der Waals surface area contributed by atoms with E-state index in [1.807, 2.05) is 0 Å². The van der Waals surface area contributed by atoms with Crippen LogP contribution in [0.3, 0.4) is 0 Å². The van der Waals surface area contributed by atoms with Gasteiger partial charge in [0.05, 0.1) is 5.69 Å². The average Bonchev–Trinajstić information content (AvgIpc) is 3.44. The zero-order chi connectivity index (χ0) is 46.4. The van der Waals surface area contributed by atoms with Crippen molar-refractivity contribution in [2.45, 2.75) is 0 Å². The van der Waals surface area contributed by atoms with Crippen LogP contribution in [-0.4, -0.2) is 6.71 Å². The van der Waals surface area contributed by atoms with Crippen LogP contribution in [0.25, 0.3) is 44.5 Å². The fraction of sp³-hybridized carbons (Fsp3) is 0. The van der Waals surface area contributed by atoms with Gasteiger partial charge in [-0.25, -0.2) is 0 Å². The molecule has 11 aromatic rings. The second kappa shape index (κ2) is 17.5. The highest BCUT2D eigenvalue weighted by Gasteiger charge is 2.44. The third kappa shape index (κ3) is 7.26. The summed E-state index contributed by atoms with van der Waals surface area (Å²) in [5.74, 6) is 0. The Morgan fingerprint density at radius 2 is 0.571 bits per heavy atom. The van der Waals surface area contributed by atoms with E-state index in [0.717, 1.165) is 51.2 Å². The van der Waals surface area contributed by atoms with Crippen LogP contribution in [0.2, 0.25) is 0 Å². The van der Waals surface area contributed by atoms with Crippen molar-refractivity contribution < 1.29 is 0 Å². The summed E-state index contributed by atoms with van der Waals surface area (Å²) in [5.41, 5.74) is 23.2. The number of hydrogen-bond donors (Lipinski definition) is 0. The molecule has 0 aromatic heterocycles. The van der Waals surface area contributed by atoms with E-state index in [9.17, 15) is 0 Å². The summed E-state index contributed by atoms with van der Waals surface area (Å²) >= 11 is 0. The van der Waals surface area contributed by atoms with Crippen molar-refractivity contribution in [3.8, 4) is 44.5 Å². The van der Waals surface area contributed by atoms with Crippen LogP contribution in [0.1, 0.15) is 0 Å². The molecule has 0 saturated heterocycles. The fourth-order valence-electron chi connectivity index (χ4n) is 10.8. The van der Waals surface area contributed by atoms with Crippen LogP contribution >= 0.6 is 0 Å². The lowest BCUT2D eigenvalue weighted by Crippen LogP contribution is -2.61. The van der Waals surface area contributed by atoms with Gasteiger partial charge in [0.25, 0.3) is 6.71 Å². The Balaban J connectivity index is 1.15. The molecule has 2 heterocycles. The number of anilines is 9. The van der Waals surface area contributed by atoms with Gasteiger partial charge >= 0.3 is 0 Å². The van der Waals surface area contributed by atoms with E-state index in [1.54, 1.807) is 0 Å². The van der Waals surface area contributed by atoms with Gasteiger partial charge in [0.2, 0.25) is 0 Å². The van der Waals surface area contributed by atoms with E-state index in [2.05, 4.69) is 294 Å². The van der Waals surface area contributed by atoms with Crippen LogP contribution in [0, 0.1) is 0 Å². The number of nitrogens with zero attached hydrogens (tertiary/aromatic N) is 3. The fourth-order valence-corrected chi connectivity index (χ4v) is 10.8. The van der Waals surface area contributed by atoms with Gasteiger partial charge < -0.3 is 14.7 Å². The maximum Gasteiger partial charge on any atom is 0.252 e. The normalized spacial score (nSPS) is 12.2. The van der Waals surface area contributed by atoms with Crippen molar-refractivity contribution in [3.05, 3.63) is 279 Å². The van der Waals surface area contributed by atoms with Gasteiger partial charge in [0.15, 0.2) is 0 Å². The van der Waals surface area contributed by atoms with Crippen molar-refractivity contribution >= 4 is 74.3 Å². The van der Waals surface area contributed by atoms with Gasteiger partial charge in [0.1, 0.15) is 0 Å². The molecular formula is C66H46BN3. The second-order valence-electron chi connectivity index (χ2n) is 18.1. The Morgan fingerprint density at radius 3 is 0.943 bits per heavy atom. The molecule has 0 saturated carbocycles. The largest absolute Gasteiger partial charge is 0.311 e. The molecule has 11 aromatic carbocycles. The van der Waals surface area contributed by atoms with Crippen LogP contribution < -0.4 is 31.1 Å². The summed E-state index contributed by atoms with van der Waals surface area (Å²) in [5, 5.41) is 0. The van der Waals surface area contributed by atoms with Gasteiger partial charge in [-0.05, 0) is 134 Å². The molecule has 0 atom stereocenters. The number of rotatable bonds is 9. The lowest BCUT2D eigenvalue weighted by Gasteiger charge is -2.45. The Labute approximate surface area is 410 Å². The molecule has 0 amide bonds. The Morgan fingerprint density at radius 1 is 0.243 bits per heavy atom. The molecule has 0 N–H and O–H groups in total. The number of para-hydroxylation sites is 2. The van der Waals surface area contributed by atoms with Gasteiger partial charge in [0, 0.05) is 45.5 Å². The van der Waals surface area contributed by atoms with Crippen LogP contribution in [0.15, 0.2) is 279 Å². The molecule has 0 radical (unpaired) electrons. The zero-order valence-corrected chi connectivity index (χ0v) is 38.5. The van der Waals surface area contributed by atoms with Crippen molar-refractivity contribution in [1.29, 1.82) is 0 Å². The van der Waals surface area contributed by atoms with Crippen LogP contribution in [0.5, 0.6) is 0 Å². The first-order chi connectivity index (χ1) is 34.7. The molecule has 70 heavy (non-hydrogen) atoms. The number of fused-ring (bicyclic) bond motifs is 4. The summed E-state index contributed by atoms with van der Waals surface area (Å²) in [6, 6.07) is 102. The molecule has 0 aliphatic carbocycles. The van der Waals surface area contributed by atoms with Crippen LogP contribution in [-0.2, 0) is 0 Å². The zero-order valence-electron chi connectivity index (χ0n) is 38.5. The van der Waals surface area contributed by atoms with Gasteiger partial charge in [-0.15, -0.1) is 0 Å². The standard InChI is InChI=1S/C66H46BN3/c1-7-21-47(22-8-1)51-29-19-35-57(41-51)69-62-43-53(49-25-11-3-12-26-49)37-39-60(62)67-61-40-38-54(50-27-13-4-14-28-50)44-63(61)70(58-36-20-30-52(42-58)48-23-9-2-10-24-48)65-46-59(45-64(69)66(65)67)68(55-31-15-5-16-32-55)56-33-17-6-18-34-56/h1-46H. The lowest BCUT2D eigenvalue weighted by molar-refractivity contribution is 1.23. The highest BCUT2D eigenvalue weighted by molar-refractivity contribution is 7.00. The highest BCUT2D eigenvalue weighted by atomic mass is 15.2. The molecule has 2 aliphatic rings. The molecule has 4 heteroatoms. The first-order valence-corrected chi connectivity index (χ1v) is 24.1. The van der Waals surface area contributed by atoms with E-state index in [4.69, 9.17) is 0 Å². The molecule has 13 rings (SSSR count). The Kier molecular flexibility index (Phi) is 10.3. The van der Waals surface area contributed by atoms with E-state index in [-0.39, 0.29) is 6.71 Å². The second-order valence-corrected chi connectivity index (χ2v) is 18.1. The maximum absolute atomic E-state index is 2.54.